The number of nitrogens with two attached hydrogens (primary N) is 1. The Balaban J connectivity index is 2.53. The van der Waals surface area contributed by atoms with E-state index in [1.807, 2.05) is 0 Å². The third-order valence-corrected chi connectivity index (χ3v) is 11.3. The van der Waals surface area contributed by atoms with Gasteiger partial charge in [0.15, 0.2) is 5.82 Å². The van der Waals surface area contributed by atoms with Crippen molar-refractivity contribution < 1.29 is 49.4 Å². The monoisotopic (exact) mass is 846 g/mol. The fourth-order valence-electron chi connectivity index (χ4n) is 6.41. The van der Waals surface area contributed by atoms with Gasteiger partial charge in [0.05, 0.1) is 25.4 Å². The zero-order valence-electron chi connectivity index (χ0n) is 35.7. The van der Waals surface area contributed by atoms with Crippen LogP contribution in [0.5, 0.6) is 0 Å². The second-order valence-corrected chi connectivity index (χ2v) is 16.7. The number of nitrogens with one attached hydrogen (secondary N) is 1. The molecular formula is C42H79N5O10S. The van der Waals surface area contributed by atoms with Crippen molar-refractivity contribution in [3.63, 3.8) is 0 Å². The molecule has 0 radical (unpaired) electrons. The number of aromatic nitrogens is 3. The lowest BCUT2D eigenvalue weighted by Crippen LogP contribution is -2.47. The summed E-state index contributed by atoms with van der Waals surface area (Å²) >= 11 is 1.29. The van der Waals surface area contributed by atoms with Crippen LogP contribution in [0.4, 0.5) is 5.82 Å². The number of carbonyl (C=O) groups is 3. The zero-order chi connectivity index (χ0) is 42.8. The Labute approximate surface area is 352 Å². The molecular weight excluding hydrogens is 767 g/mol. The van der Waals surface area contributed by atoms with Crippen molar-refractivity contribution in [3.8, 4) is 0 Å². The van der Waals surface area contributed by atoms with Crippen LogP contribution in [-0.2, 0) is 30.4 Å². The van der Waals surface area contributed by atoms with Gasteiger partial charge in [0.2, 0.25) is 5.91 Å². The Morgan fingerprint density at radius 3 is 1.67 bits per heavy atom. The van der Waals surface area contributed by atoms with E-state index >= 15 is 0 Å². The molecule has 16 heteroatoms. The third kappa shape index (κ3) is 27.4. The predicted molar refractivity (Wildman–Crippen MR) is 228 cm³/mol. The minimum Gasteiger partial charge on any atom is -0.462 e. The Kier molecular flexibility index (Phi) is 32.8. The van der Waals surface area contributed by atoms with Gasteiger partial charge in [0.1, 0.15) is 37.1 Å². The van der Waals surface area contributed by atoms with Gasteiger partial charge < -0.3 is 46.1 Å². The number of carbonyl (C=O) groups excluding carboxylic acids is 3. The van der Waals surface area contributed by atoms with E-state index < -0.39 is 49.1 Å². The van der Waals surface area contributed by atoms with Crippen LogP contribution in [0.25, 0.3) is 0 Å². The van der Waals surface area contributed by atoms with E-state index in [0.29, 0.717) is 6.42 Å². The van der Waals surface area contributed by atoms with E-state index in [9.17, 15) is 34.8 Å². The molecule has 1 heterocycles. The van der Waals surface area contributed by atoms with E-state index in [-0.39, 0.29) is 48.8 Å². The highest BCUT2D eigenvalue weighted by atomic mass is 32.2. The summed E-state index contributed by atoms with van der Waals surface area (Å²) in [6, 6.07) is -0.978. The van der Waals surface area contributed by atoms with Crippen molar-refractivity contribution >= 4 is 35.4 Å². The SMILES string of the molecule is CCCCCCCCCCCCCC(=O)OCC(CSCC(N)C(=O)Nc1cn(CC(O)C(O)C(O)C(O)CO)nn1)OC(=O)CCCCCCCCCCCCC. The van der Waals surface area contributed by atoms with Crippen molar-refractivity contribution in [2.24, 2.45) is 5.73 Å². The number of ether oxygens (including phenoxy) is 2. The molecule has 0 bridgehead atoms. The van der Waals surface area contributed by atoms with Gasteiger partial charge in [-0.1, -0.05) is 147 Å². The Morgan fingerprint density at radius 2 is 1.17 bits per heavy atom. The summed E-state index contributed by atoms with van der Waals surface area (Å²) in [5.41, 5.74) is 6.13. The van der Waals surface area contributed by atoms with Gasteiger partial charge in [-0.3, -0.25) is 14.4 Å². The molecule has 0 fully saturated rings. The van der Waals surface area contributed by atoms with Gasteiger partial charge in [0.25, 0.3) is 0 Å². The van der Waals surface area contributed by atoms with Crippen LogP contribution in [0.3, 0.4) is 0 Å². The van der Waals surface area contributed by atoms with Crippen LogP contribution in [0.15, 0.2) is 6.20 Å². The topological polar surface area (TPSA) is 240 Å². The number of unbranched alkanes of at least 4 members (excludes halogenated alkanes) is 20. The number of hydrogen-bond donors (Lipinski definition) is 7. The lowest BCUT2D eigenvalue weighted by molar-refractivity contribution is -0.157. The van der Waals surface area contributed by atoms with E-state index in [4.69, 9.17) is 20.3 Å². The number of anilines is 1. The van der Waals surface area contributed by atoms with E-state index in [1.165, 1.54) is 121 Å². The van der Waals surface area contributed by atoms with Crippen LogP contribution < -0.4 is 11.1 Å². The number of nitrogens with zero attached hydrogens (tertiary/aromatic N) is 3. The number of aliphatic hydroxyl groups excluding tert-OH is 5. The lowest BCUT2D eigenvalue weighted by Gasteiger charge is -2.25. The van der Waals surface area contributed by atoms with Crippen LogP contribution >= 0.6 is 11.8 Å². The predicted octanol–water partition coefficient (Wildman–Crippen LogP) is 5.57. The zero-order valence-corrected chi connectivity index (χ0v) is 36.5. The summed E-state index contributed by atoms with van der Waals surface area (Å²) in [5, 5.41) is 58.6. The summed E-state index contributed by atoms with van der Waals surface area (Å²) in [7, 11) is 0. The van der Waals surface area contributed by atoms with Crippen LogP contribution in [-0.4, -0.2) is 120 Å². The summed E-state index contributed by atoms with van der Waals surface area (Å²) < 4.78 is 12.4. The normalized spacial score (nSPS) is 14.7. The number of thioether (sulfide) groups is 1. The highest BCUT2D eigenvalue weighted by Gasteiger charge is 2.30. The van der Waals surface area contributed by atoms with Crippen LogP contribution in [0.2, 0.25) is 0 Å². The first kappa shape index (κ1) is 53.7. The van der Waals surface area contributed by atoms with Crippen molar-refractivity contribution in [2.45, 2.75) is 211 Å². The summed E-state index contributed by atoms with van der Waals surface area (Å²) in [6.07, 6.45) is 20.4. The van der Waals surface area contributed by atoms with Gasteiger partial charge in [-0.05, 0) is 12.8 Å². The third-order valence-electron chi connectivity index (χ3n) is 10.1. The average molecular weight is 846 g/mol. The molecule has 0 aliphatic rings. The van der Waals surface area contributed by atoms with E-state index in [1.54, 1.807) is 0 Å². The van der Waals surface area contributed by atoms with Crippen molar-refractivity contribution in [3.05, 3.63) is 6.20 Å². The second kappa shape index (κ2) is 35.4. The van der Waals surface area contributed by atoms with Crippen molar-refractivity contribution in [1.29, 1.82) is 0 Å². The largest absolute Gasteiger partial charge is 0.462 e. The molecule has 338 valence electrons. The van der Waals surface area contributed by atoms with Gasteiger partial charge in [-0.25, -0.2) is 4.68 Å². The number of esters is 2. The fourth-order valence-corrected chi connectivity index (χ4v) is 7.38. The maximum atomic E-state index is 12.8. The van der Waals surface area contributed by atoms with Crippen LogP contribution in [0, 0.1) is 0 Å². The Hall–Kier alpha value is -2.34. The molecule has 0 aliphatic heterocycles. The molecule has 6 unspecified atom stereocenters. The number of aliphatic hydroxyl groups is 5. The highest BCUT2D eigenvalue weighted by molar-refractivity contribution is 7.99. The molecule has 0 saturated carbocycles. The maximum absolute atomic E-state index is 12.8. The average Bonchev–Trinajstić information content (AvgIpc) is 3.65. The number of amides is 1. The minimum atomic E-state index is -1.79. The highest BCUT2D eigenvalue weighted by Crippen LogP contribution is 2.16. The minimum absolute atomic E-state index is 0.0296. The first-order chi connectivity index (χ1) is 28.0. The molecule has 0 saturated heterocycles. The molecule has 58 heavy (non-hydrogen) atoms. The van der Waals surface area contributed by atoms with Gasteiger partial charge >= 0.3 is 11.9 Å². The molecule has 8 N–H and O–H groups in total. The number of rotatable bonds is 39. The first-order valence-electron chi connectivity index (χ1n) is 22.2. The molecule has 0 aliphatic carbocycles. The first-order valence-corrected chi connectivity index (χ1v) is 23.4. The summed E-state index contributed by atoms with van der Waals surface area (Å²) in [6.45, 7) is 3.25. The fraction of sp³-hybridized carbons (Fsp3) is 0.881. The smallest absolute Gasteiger partial charge is 0.306 e. The number of hydrogen-bond acceptors (Lipinski definition) is 14. The van der Waals surface area contributed by atoms with Crippen molar-refractivity contribution in [1.82, 2.24) is 15.0 Å². The Morgan fingerprint density at radius 1 is 0.707 bits per heavy atom. The molecule has 1 rings (SSSR count). The van der Waals surface area contributed by atoms with Gasteiger partial charge in [0, 0.05) is 24.3 Å². The van der Waals surface area contributed by atoms with Gasteiger partial charge in [-0.2, -0.15) is 11.8 Å². The maximum Gasteiger partial charge on any atom is 0.306 e. The van der Waals surface area contributed by atoms with E-state index in [0.717, 1.165) is 43.2 Å². The molecule has 0 spiro atoms. The molecule has 1 amide bonds. The van der Waals surface area contributed by atoms with Gasteiger partial charge in [-0.15, -0.1) is 5.10 Å². The molecule has 1 aromatic heterocycles. The van der Waals surface area contributed by atoms with Crippen LogP contribution in [0.1, 0.15) is 168 Å². The lowest BCUT2D eigenvalue weighted by atomic mass is 10.0. The second-order valence-electron chi connectivity index (χ2n) is 15.6. The summed E-state index contributed by atoms with van der Waals surface area (Å²) in [4.78, 5) is 38.2. The molecule has 15 nitrogen and oxygen atoms in total. The molecule has 6 atom stereocenters. The molecule has 1 aromatic rings. The summed E-state index contributed by atoms with van der Waals surface area (Å²) in [5.74, 6) is -0.770. The van der Waals surface area contributed by atoms with E-state index in [2.05, 4.69) is 29.5 Å². The van der Waals surface area contributed by atoms with Crippen molar-refractivity contribution in [2.75, 3.05) is 30.0 Å². The quantitative estimate of drug-likeness (QED) is 0.0317. The standard InChI is InChI=1S/C42H79N5O10S/c1-3-5-7-9-11-13-15-17-19-21-23-25-38(51)56-30-33(57-39(52)26-24-22-20-18-16-14-12-10-8-6-4-2)31-58-32-34(43)42(55)44-37-28-47(46-45-37)27-35(49)40(53)41(54)36(50)29-48/h28,33-36,40-41,48-50,53-54H,3-27,29-32,43H2,1-2H3,(H,44,55). The molecule has 0 aromatic carbocycles. The Bertz CT molecular complexity index is 1180.